The van der Waals surface area contributed by atoms with Gasteiger partial charge in [0.15, 0.2) is 0 Å². The van der Waals surface area contributed by atoms with Crippen molar-refractivity contribution in [3.05, 3.63) is 283 Å². The monoisotopic (exact) mass is 893 g/mol. The van der Waals surface area contributed by atoms with Crippen LogP contribution in [-0.4, -0.2) is 0 Å². The van der Waals surface area contributed by atoms with Crippen molar-refractivity contribution in [2.24, 2.45) is 0 Å². The Labute approximate surface area is 406 Å². The van der Waals surface area contributed by atoms with Crippen molar-refractivity contribution in [1.29, 1.82) is 0 Å². The summed E-state index contributed by atoms with van der Waals surface area (Å²) in [5.41, 5.74) is 22.8. The van der Waals surface area contributed by atoms with E-state index in [1.54, 1.807) is 0 Å². The Hall–Kier alpha value is -8.56. The molecule has 0 aliphatic heterocycles. The Morgan fingerprint density at radius 2 is 0.768 bits per heavy atom. The van der Waals surface area contributed by atoms with Gasteiger partial charge in [0, 0.05) is 37.0 Å². The van der Waals surface area contributed by atoms with E-state index >= 15 is 0 Å². The topological polar surface area (TPSA) is 3.24 Å². The summed E-state index contributed by atoms with van der Waals surface area (Å²) in [7, 11) is 0. The highest BCUT2D eigenvalue weighted by molar-refractivity contribution is 7.25. The standard InChI is InChI=1S/C67H43NS/c1-4-18-44(19-5-1)49-36-40-51(46-20-6-2-7-21-46)62(43-49)68(50-38-34-45(35-39-50)48-37-41-64-56(42-48)53-24-12-15-33-63(53)69-64)61-32-17-31-60-66(61)55-26-11-14-29-58(55)67(60)57-28-13-10-25-54(57)65-52(27-16-30-59(65)67)47-22-8-3-9-23-47/h1-43H. The van der Waals surface area contributed by atoms with Gasteiger partial charge in [-0.05, 0) is 120 Å². The lowest BCUT2D eigenvalue weighted by molar-refractivity contribution is 0.794. The van der Waals surface area contributed by atoms with E-state index in [0.717, 1.165) is 22.6 Å². The van der Waals surface area contributed by atoms with Gasteiger partial charge >= 0.3 is 0 Å². The van der Waals surface area contributed by atoms with E-state index in [4.69, 9.17) is 0 Å². The van der Waals surface area contributed by atoms with Crippen LogP contribution in [0.5, 0.6) is 0 Å². The molecule has 0 saturated carbocycles. The molecule has 0 N–H and O–H groups in total. The van der Waals surface area contributed by atoms with Crippen LogP contribution >= 0.6 is 11.3 Å². The average Bonchev–Trinajstić information content (AvgIpc) is 4.06. The van der Waals surface area contributed by atoms with Crippen LogP contribution in [0.4, 0.5) is 17.1 Å². The van der Waals surface area contributed by atoms with Crippen LogP contribution in [0.1, 0.15) is 22.3 Å². The number of hydrogen-bond donors (Lipinski definition) is 0. The zero-order valence-corrected chi connectivity index (χ0v) is 38.5. The first-order chi connectivity index (χ1) is 34.2. The third-order valence-corrected chi connectivity index (χ3v) is 15.9. The summed E-state index contributed by atoms with van der Waals surface area (Å²) in [6.45, 7) is 0. The van der Waals surface area contributed by atoms with Gasteiger partial charge in [0.25, 0.3) is 0 Å². The van der Waals surface area contributed by atoms with E-state index in [1.807, 2.05) is 11.3 Å². The first-order valence-electron chi connectivity index (χ1n) is 23.8. The van der Waals surface area contributed by atoms with Gasteiger partial charge in [-0.2, -0.15) is 0 Å². The lowest BCUT2D eigenvalue weighted by Crippen LogP contribution is -2.26. The maximum Gasteiger partial charge on any atom is 0.0726 e. The van der Waals surface area contributed by atoms with Gasteiger partial charge in [-0.15, -0.1) is 11.3 Å². The molecule has 2 aliphatic rings. The van der Waals surface area contributed by atoms with E-state index < -0.39 is 5.41 Å². The van der Waals surface area contributed by atoms with Crippen LogP contribution in [-0.2, 0) is 5.41 Å². The Morgan fingerprint density at radius 3 is 1.49 bits per heavy atom. The van der Waals surface area contributed by atoms with Crippen molar-refractivity contribution in [2.45, 2.75) is 5.41 Å². The number of benzene rings is 11. The van der Waals surface area contributed by atoms with Gasteiger partial charge < -0.3 is 4.90 Å². The molecule has 322 valence electrons. The van der Waals surface area contributed by atoms with Crippen molar-refractivity contribution in [2.75, 3.05) is 4.90 Å². The zero-order valence-electron chi connectivity index (χ0n) is 37.7. The molecule has 2 aliphatic carbocycles. The lowest BCUT2D eigenvalue weighted by atomic mass is 9.70. The molecular formula is C67H43NS. The second-order valence-corrected chi connectivity index (χ2v) is 19.4. The van der Waals surface area contributed by atoms with Crippen LogP contribution in [0.3, 0.4) is 0 Å². The van der Waals surface area contributed by atoms with Crippen molar-refractivity contribution in [3.8, 4) is 66.8 Å². The van der Waals surface area contributed by atoms with E-state index in [2.05, 4.69) is 266 Å². The molecule has 1 unspecified atom stereocenters. The Balaban J connectivity index is 1.03. The summed E-state index contributed by atoms with van der Waals surface area (Å²) >= 11 is 1.86. The van der Waals surface area contributed by atoms with Crippen LogP contribution in [0.15, 0.2) is 261 Å². The summed E-state index contributed by atoms with van der Waals surface area (Å²) in [6.07, 6.45) is 0. The molecule has 0 saturated heterocycles. The normalized spacial score (nSPS) is 14.1. The molecule has 14 rings (SSSR count). The summed E-state index contributed by atoms with van der Waals surface area (Å²) in [4.78, 5) is 2.55. The van der Waals surface area contributed by atoms with Gasteiger partial charge in [0.2, 0.25) is 0 Å². The maximum atomic E-state index is 2.55. The quantitative estimate of drug-likeness (QED) is 0.154. The van der Waals surface area contributed by atoms with Crippen LogP contribution in [0.2, 0.25) is 0 Å². The fraction of sp³-hybridized carbons (Fsp3) is 0.0149. The smallest absolute Gasteiger partial charge is 0.0726 e. The highest BCUT2D eigenvalue weighted by atomic mass is 32.1. The van der Waals surface area contributed by atoms with Gasteiger partial charge in [0.05, 0.1) is 16.8 Å². The molecule has 1 spiro atoms. The van der Waals surface area contributed by atoms with Crippen LogP contribution in [0, 0.1) is 0 Å². The molecule has 12 aromatic rings. The summed E-state index contributed by atoms with van der Waals surface area (Å²) < 4.78 is 2.64. The molecule has 1 aromatic heterocycles. The molecule has 1 nitrogen and oxygen atoms in total. The number of anilines is 3. The second-order valence-electron chi connectivity index (χ2n) is 18.3. The predicted molar refractivity (Wildman–Crippen MR) is 292 cm³/mol. The van der Waals surface area contributed by atoms with Crippen LogP contribution < -0.4 is 4.90 Å². The average molecular weight is 894 g/mol. The number of hydrogen-bond acceptors (Lipinski definition) is 2. The predicted octanol–water partition coefficient (Wildman–Crippen LogP) is 18.5. The minimum atomic E-state index is -0.535. The van der Waals surface area contributed by atoms with E-state index in [-0.39, 0.29) is 0 Å². The second kappa shape index (κ2) is 15.8. The van der Waals surface area contributed by atoms with Crippen molar-refractivity contribution in [3.63, 3.8) is 0 Å². The zero-order chi connectivity index (χ0) is 45.5. The van der Waals surface area contributed by atoms with Gasteiger partial charge in [0.1, 0.15) is 0 Å². The highest BCUT2D eigenvalue weighted by Gasteiger charge is 2.53. The molecular weight excluding hydrogens is 851 g/mol. The van der Waals surface area contributed by atoms with Crippen molar-refractivity contribution in [1.82, 2.24) is 0 Å². The third kappa shape index (κ3) is 6.02. The molecule has 0 amide bonds. The SMILES string of the molecule is c1ccc(-c2ccc(-c3ccccc3)c(N(c3ccc(-c4ccc5sc6ccccc6c5c4)cc3)c3cccc4c3-c3ccccc3C43c4ccccc4-c4c(-c5ccccc5)cccc43)c2)cc1. The number of rotatable bonds is 7. The fourth-order valence-corrected chi connectivity index (χ4v) is 12.9. The lowest BCUT2D eigenvalue weighted by Gasteiger charge is -2.33. The molecule has 0 fully saturated rings. The number of fused-ring (bicyclic) bond motifs is 13. The largest absolute Gasteiger partial charge is 0.309 e. The first kappa shape index (κ1) is 39.6. The summed E-state index contributed by atoms with van der Waals surface area (Å²) in [5.74, 6) is 0. The Morgan fingerprint density at radius 1 is 0.275 bits per heavy atom. The minimum absolute atomic E-state index is 0.535. The van der Waals surface area contributed by atoms with Crippen LogP contribution in [0.25, 0.3) is 86.9 Å². The molecule has 1 atom stereocenters. The number of thiophene rings is 1. The maximum absolute atomic E-state index is 2.55. The van der Waals surface area contributed by atoms with Crippen molar-refractivity contribution < 1.29 is 0 Å². The Bertz CT molecular complexity index is 3940. The van der Waals surface area contributed by atoms with E-state index in [9.17, 15) is 0 Å². The molecule has 0 radical (unpaired) electrons. The molecule has 1 heterocycles. The van der Waals surface area contributed by atoms with E-state index in [1.165, 1.54) is 104 Å². The van der Waals surface area contributed by atoms with Crippen molar-refractivity contribution >= 4 is 48.6 Å². The molecule has 69 heavy (non-hydrogen) atoms. The van der Waals surface area contributed by atoms with Gasteiger partial charge in [-0.3, -0.25) is 0 Å². The molecule has 2 heteroatoms. The summed E-state index contributed by atoms with van der Waals surface area (Å²) in [5, 5.41) is 2.62. The third-order valence-electron chi connectivity index (χ3n) is 14.7. The van der Waals surface area contributed by atoms with Gasteiger partial charge in [-0.25, -0.2) is 0 Å². The molecule has 0 bridgehead atoms. The molecule has 11 aromatic carbocycles. The minimum Gasteiger partial charge on any atom is -0.309 e. The fourth-order valence-electron chi connectivity index (χ4n) is 11.8. The highest BCUT2D eigenvalue weighted by Crippen LogP contribution is 2.66. The first-order valence-corrected chi connectivity index (χ1v) is 24.6. The Kier molecular flexibility index (Phi) is 9.05. The number of nitrogens with zero attached hydrogens (tertiary/aromatic N) is 1. The van der Waals surface area contributed by atoms with Gasteiger partial charge in [-0.1, -0.05) is 218 Å². The summed E-state index contributed by atoms with van der Waals surface area (Å²) in [6, 6.07) is 97.0. The van der Waals surface area contributed by atoms with E-state index in [0.29, 0.717) is 0 Å².